The molecule has 5 aromatic rings. The average molecular weight is 501 g/mol. The van der Waals surface area contributed by atoms with Crippen LogP contribution in [0.4, 0.5) is 5.82 Å². The van der Waals surface area contributed by atoms with Crippen molar-refractivity contribution in [3.05, 3.63) is 114 Å². The second-order valence-corrected chi connectivity index (χ2v) is 8.48. The van der Waals surface area contributed by atoms with Crippen LogP contribution < -0.4 is 10.1 Å². The highest BCUT2D eigenvalue weighted by Crippen LogP contribution is 2.28. The molecule has 8 nitrogen and oxygen atoms in total. The second kappa shape index (κ2) is 10.7. The van der Waals surface area contributed by atoms with E-state index in [4.69, 9.17) is 9.84 Å². The minimum atomic E-state index is -0.544. The van der Waals surface area contributed by atoms with Gasteiger partial charge in [0.1, 0.15) is 23.2 Å². The molecule has 0 saturated heterocycles. The first-order chi connectivity index (χ1) is 18.6. The molecule has 0 radical (unpaired) electrons. The average Bonchev–Trinajstić information content (AvgIpc) is 3.55. The Labute approximate surface area is 220 Å². The van der Waals surface area contributed by atoms with E-state index in [0.29, 0.717) is 17.1 Å². The lowest BCUT2D eigenvalue weighted by Crippen LogP contribution is -2.16. The molecule has 2 heterocycles. The molecule has 38 heavy (non-hydrogen) atoms. The quantitative estimate of drug-likeness (QED) is 0.232. The third kappa shape index (κ3) is 5.08. The summed E-state index contributed by atoms with van der Waals surface area (Å²) < 4.78 is 8.65. The fourth-order valence-corrected chi connectivity index (χ4v) is 4.02. The standard InChI is InChI=1S/C30H24N6O2/c1-21-17-28(36(33-21)26-11-7-4-8-12-26)32-30(37)23(19-31)18-24-20-35(25-9-5-3-6-10-25)34-29(24)22-13-15-27(38-2)16-14-22/h3-18,20H,1-2H3,(H,32,37)/b23-18-. The third-order valence-electron chi connectivity index (χ3n) is 5.87. The molecular weight excluding hydrogens is 476 g/mol. The molecule has 0 spiro atoms. The minimum Gasteiger partial charge on any atom is -0.497 e. The van der Waals surface area contributed by atoms with Crippen LogP contribution in [0.15, 0.2) is 103 Å². The number of hydrogen-bond acceptors (Lipinski definition) is 5. The predicted molar refractivity (Wildman–Crippen MR) is 146 cm³/mol. The smallest absolute Gasteiger partial charge is 0.267 e. The summed E-state index contributed by atoms with van der Waals surface area (Å²) in [5.74, 6) is 0.642. The second-order valence-electron chi connectivity index (χ2n) is 8.48. The Balaban J connectivity index is 1.52. The SMILES string of the molecule is COc1ccc(-c2nn(-c3ccccc3)cc2/C=C(/C#N)C(=O)Nc2cc(C)nn2-c2ccccc2)cc1. The van der Waals surface area contributed by atoms with Gasteiger partial charge in [0, 0.05) is 23.4 Å². The lowest BCUT2D eigenvalue weighted by Gasteiger charge is -2.08. The van der Waals surface area contributed by atoms with Crippen molar-refractivity contribution in [1.29, 1.82) is 5.26 Å². The number of benzene rings is 3. The van der Waals surface area contributed by atoms with Crippen LogP contribution in [0.5, 0.6) is 5.75 Å². The van der Waals surface area contributed by atoms with Gasteiger partial charge in [-0.1, -0.05) is 36.4 Å². The normalized spacial score (nSPS) is 11.1. The highest BCUT2D eigenvalue weighted by molar-refractivity contribution is 6.09. The van der Waals surface area contributed by atoms with Crippen molar-refractivity contribution in [2.75, 3.05) is 12.4 Å². The summed E-state index contributed by atoms with van der Waals surface area (Å²) in [6.45, 7) is 1.84. The summed E-state index contributed by atoms with van der Waals surface area (Å²) in [6.07, 6.45) is 3.36. The van der Waals surface area contributed by atoms with E-state index in [2.05, 4.69) is 10.4 Å². The number of anilines is 1. The van der Waals surface area contributed by atoms with Crippen LogP contribution in [-0.4, -0.2) is 32.6 Å². The number of nitrogens with one attached hydrogen (secondary N) is 1. The minimum absolute atomic E-state index is 0.0640. The monoisotopic (exact) mass is 500 g/mol. The van der Waals surface area contributed by atoms with E-state index >= 15 is 0 Å². The van der Waals surface area contributed by atoms with Crippen LogP contribution in [0.25, 0.3) is 28.7 Å². The van der Waals surface area contributed by atoms with Crippen molar-refractivity contribution in [3.63, 3.8) is 0 Å². The van der Waals surface area contributed by atoms with E-state index < -0.39 is 5.91 Å². The zero-order valence-corrected chi connectivity index (χ0v) is 20.9. The molecular formula is C30H24N6O2. The summed E-state index contributed by atoms with van der Waals surface area (Å²) in [5, 5.41) is 22.0. The van der Waals surface area contributed by atoms with Gasteiger partial charge in [-0.25, -0.2) is 9.36 Å². The maximum Gasteiger partial charge on any atom is 0.267 e. The topological polar surface area (TPSA) is 97.8 Å². The van der Waals surface area contributed by atoms with E-state index in [-0.39, 0.29) is 5.57 Å². The molecule has 0 unspecified atom stereocenters. The molecule has 2 aromatic heterocycles. The zero-order valence-electron chi connectivity index (χ0n) is 20.9. The Bertz CT molecular complexity index is 1640. The Hall–Kier alpha value is -5.42. The van der Waals surface area contributed by atoms with E-state index in [1.165, 1.54) is 0 Å². The molecule has 1 N–H and O–H groups in total. The van der Waals surface area contributed by atoms with Crippen LogP contribution >= 0.6 is 0 Å². The first-order valence-electron chi connectivity index (χ1n) is 11.9. The van der Waals surface area contributed by atoms with Crippen LogP contribution in [0.1, 0.15) is 11.3 Å². The maximum atomic E-state index is 13.3. The first-order valence-corrected chi connectivity index (χ1v) is 11.9. The van der Waals surface area contributed by atoms with E-state index in [0.717, 1.165) is 28.4 Å². The molecule has 5 rings (SSSR count). The Morgan fingerprint density at radius 1 is 0.947 bits per heavy atom. The highest BCUT2D eigenvalue weighted by Gasteiger charge is 2.17. The van der Waals surface area contributed by atoms with Gasteiger partial charge < -0.3 is 10.1 Å². The number of nitriles is 1. The number of carbonyl (C=O) groups is 1. The van der Waals surface area contributed by atoms with E-state index in [1.54, 1.807) is 34.8 Å². The van der Waals surface area contributed by atoms with Crippen molar-refractivity contribution in [1.82, 2.24) is 19.6 Å². The molecule has 0 aliphatic rings. The summed E-state index contributed by atoms with van der Waals surface area (Å²) in [4.78, 5) is 13.3. The van der Waals surface area contributed by atoms with Gasteiger partial charge in [0.05, 0.1) is 29.9 Å². The van der Waals surface area contributed by atoms with Gasteiger partial charge in [0.25, 0.3) is 5.91 Å². The number of ether oxygens (including phenoxy) is 1. The van der Waals surface area contributed by atoms with Crippen LogP contribution in [0.2, 0.25) is 0 Å². The van der Waals surface area contributed by atoms with Crippen molar-refractivity contribution in [3.8, 4) is 34.5 Å². The van der Waals surface area contributed by atoms with Crippen LogP contribution in [0.3, 0.4) is 0 Å². The molecule has 0 aliphatic carbocycles. The van der Waals surface area contributed by atoms with Crippen molar-refractivity contribution < 1.29 is 9.53 Å². The van der Waals surface area contributed by atoms with Crippen LogP contribution in [-0.2, 0) is 4.79 Å². The fraction of sp³-hybridized carbons (Fsp3) is 0.0667. The molecule has 8 heteroatoms. The Kier molecular flexibility index (Phi) is 6.83. The predicted octanol–water partition coefficient (Wildman–Crippen LogP) is 5.59. The summed E-state index contributed by atoms with van der Waals surface area (Å²) in [6, 6.07) is 30.4. The summed E-state index contributed by atoms with van der Waals surface area (Å²) >= 11 is 0. The van der Waals surface area contributed by atoms with Crippen LogP contribution in [0, 0.1) is 18.3 Å². The largest absolute Gasteiger partial charge is 0.497 e. The van der Waals surface area contributed by atoms with Gasteiger partial charge in [0.15, 0.2) is 0 Å². The fourth-order valence-electron chi connectivity index (χ4n) is 4.02. The van der Waals surface area contributed by atoms with Gasteiger partial charge in [0.2, 0.25) is 0 Å². The molecule has 0 fully saturated rings. The first kappa shape index (κ1) is 24.3. The van der Waals surface area contributed by atoms with Gasteiger partial charge >= 0.3 is 0 Å². The summed E-state index contributed by atoms with van der Waals surface area (Å²) in [5.41, 5.74) is 4.39. The molecule has 0 saturated carbocycles. The van der Waals surface area contributed by atoms with Crippen molar-refractivity contribution >= 4 is 17.8 Å². The molecule has 0 atom stereocenters. The summed E-state index contributed by atoms with van der Waals surface area (Å²) in [7, 11) is 1.61. The number of para-hydroxylation sites is 2. The highest BCUT2D eigenvalue weighted by atomic mass is 16.5. The zero-order chi connectivity index (χ0) is 26.5. The van der Waals surface area contributed by atoms with Gasteiger partial charge in [-0.05, 0) is 61.5 Å². The Morgan fingerprint density at radius 2 is 1.61 bits per heavy atom. The molecule has 1 amide bonds. The number of aromatic nitrogens is 4. The third-order valence-corrected chi connectivity index (χ3v) is 5.87. The van der Waals surface area contributed by atoms with Gasteiger partial charge in [-0.2, -0.15) is 15.5 Å². The number of hydrogen-bond donors (Lipinski definition) is 1. The number of rotatable bonds is 7. The molecule has 0 aliphatic heterocycles. The molecule has 186 valence electrons. The number of aryl methyl sites for hydroxylation is 1. The lowest BCUT2D eigenvalue weighted by atomic mass is 10.1. The number of nitrogens with zero attached hydrogens (tertiary/aromatic N) is 5. The number of methoxy groups -OCH3 is 1. The van der Waals surface area contributed by atoms with Gasteiger partial charge in [-0.15, -0.1) is 0 Å². The maximum absolute atomic E-state index is 13.3. The van der Waals surface area contributed by atoms with Crippen molar-refractivity contribution in [2.24, 2.45) is 0 Å². The number of carbonyl (C=O) groups excluding carboxylic acids is 1. The van der Waals surface area contributed by atoms with Crippen molar-refractivity contribution in [2.45, 2.75) is 6.92 Å². The van der Waals surface area contributed by atoms with Gasteiger partial charge in [-0.3, -0.25) is 4.79 Å². The Morgan fingerprint density at radius 3 is 2.24 bits per heavy atom. The number of amides is 1. The molecule has 3 aromatic carbocycles. The van der Waals surface area contributed by atoms with E-state index in [1.807, 2.05) is 97.9 Å². The lowest BCUT2D eigenvalue weighted by molar-refractivity contribution is -0.112. The molecule has 0 bridgehead atoms. The van der Waals surface area contributed by atoms with E-state index in [9.17, 15) is 10.1 Å².